The lowest BCUT2D eigenvalue weighted by Gasteiger charge is -2.23. The van der Waals surface area contributed by atoms with Crippen molar-refractivity contribution in [1.29, 1.82) is 0 Å². The molecule has 1 fully saturated rings. The van der Waals surface area contributed by atoms with Crippen molar-refractivity contribution in [3.8, 4) is 0 Å². The number of carbonyl (C=O) groups is 1. The lowest BCUT2D eigenvalue weighted by molar-refractivity contribution is -0.134. The van der Waals surface area contributed by atoms with Gasteiger partial charge in [-0.25, -0.2) is 4.39 Å². The zero-order valence-electron chi connectivity index (χ0n) is 12.4. The second-order valence-corrected chi connectivity index (χ2v) is 6.09. The molecule has 1 aliphatic carbocycles. The van der Waals surface area contributed by atoms with E-state index in [0.717, 1.165) is 6.42 Å². The molecule has 1 aromatic rings. The third-order valence-electron chi connectivity index (χ3n) is 4.01. The molecule has 3 nitrogen and oxygen atoms in total. The molecule has 4 heteroatoms. The van der Waals surface area contributed by atoms with Gasteiger partial charge < -0.3 is 9.64 Å². The minimum atomic E-state index is -0.266. The summed E-state index contributed by atoms with van der Waals surface area (Å²) < 4.78 is 18.8. The number of ether oxygens (including phenoxy) is 1. The number of benzene rings is 1. The van der Waals surface area contributed by atoms with E-state index in [1.54, 1.807) is 30.2 Å². The van der Waals surface area contributed by atoms with Gasteiger partial charge in [-0.05, 0) is 17.9 Å². The van der Waals surface area contributed by atoms with E-state index in [9.17, 15) is 9.18 Å². The molecule has 110 valence electrons. The van der Waals surface area contributed by atoms with Crippen molar-refractivity contribution in [3.05, 3.63) is 35.6 Å². The molecule has 1 amide bonds. The van der Waals surface area contributed by atoms with Crippen LogP contribution in [0.4, 0.5) is 4.39 Å². The van der Waals surface area contributed by atoms with Gasteiger partial charge in [0.05, 0.1) is 6.61 Å². The highest BCUT2D eigenvalue weighted by atomic mass is 19.1. The highest BCUT2D eigenvalue weighted by Gasteiger charge is 2.51. The Kier molecular flexibility index (Phi) is 4.43. The number of nitrogens with zero attached hydrogens (tertiary/aromatic N) is 1. The molecule has 1 atom stereocenters. The minimum Gasteiger partial charge on any atom is -0.383 e. The van der Waals surface area contributed by atoms with Crippen molar-refractivity contribution >= 4 is 5.91 Å². The molecule has 0 radical (unpaired) electrons. The first-order chi connectivity index (χ1) is 9.45. The number of halogens is 1. The number of carbonyl (C=O) groups excluding carboxylic acids is 1. The fourth-order valence-electron chi connectivity index (χ4n) is 2.41. The third kappa shape index (κ3) is 3.37. The molecule has 20 heavy (non-hydrogen) atoms. The van der Waals surface area contributed by atoms with Gasteiger partial charge in [-0.2, -0.15) is 0 Å². The highest BCUT2D eigenvalue weighted by molar-refractivity contribution is 5.82. The quantitative estimate of drug-likeness (QED) is 0.801. The Morgan fingerprint density at radius 1 is 1.45 bits per heavy atom. The standard InChI is InChI=1S/C16H22FNO2/c1-16(2)10-13(16)15(19)18(8-9-20-3)11-12-6-4-5-7-14(12)17/h4-7,13H,8-11H2,1-3H3. The average molecular weight is 279 g/mol. The summed E-state index contributed by atoms with van der Waals surface area (Å²) in [6, 6.07) is 6.60. The molecular formula is C16H22FNO2. The summed E-state index contributed by atoms with van der Waals surface area (Å²) >= 11 is 0. The SMILES string of the molecule is COCCN(Cc1ccccc1F)C(=O)C1CC1(C)C. The second kappa shape index (κ2) is 5.92. The zero-order chi connectivity index (χ0) is 14.8. The van der Waals surface area contributed by atoms with Gasteiger partial charge in [-0.15, -0.1) is 0 Å². The topological polar surface area (TPSA) is 29.5 Å². The van der Waals surface area contributed by atoms with Crippen molar-refractivity contribution in [1.82, 2.24) is 4.90 Å². The maximum atomic E-state index is 13.7. The molecule has 0 saturated heterocycles. The van der Waals surface area contributed by atoms with E-state index < -0.39 is 0 Å². The van der Waals surface area contributed by atoms with Crippen molar-refractivity contribution in [3.63, 3.8) is 0 Å². The largest absolute Gasteiger partial charge is 0.383 e. The van der Waals surface area contributed by atoms with Crippen LogP contribution in [0.3, 0.4) is 0 Å². The molecule has 1 aromatic carbocycles. The summed E-state index contributed by atoms with van der Waals surface area (Å²) in [6.45, 7) is 5.45. The molecule has 0 aromatic heterocycles. The molecule has 0 bridgehead atoms. The smallest absolute Gasteiger partial charge is 0.226 e. The normalized spacial score (nSPS) is 19.7. The van der Waals surface area contributed by atoms with E-state index in [1.165, 1.54) is 6.07 Å². The van der Waals surface area contributed by atoms with Crippen LogP contribution in [-0.2, 0) is 16.1 Å². The summed E-state index contributed by atoms with van der Waals surface area (Å²) in [5.41, 5.74) is 0.632. The lowest BCUT2D eigenvalue weighted by Crippen LogP contribution is -2.35. The lowest BCUT2D eigenvalue weighted by atomic mass is 10.1. The highest BCUT2D eigenvalue weighted by Crippen LogP contribution is 2.52. The fraction of sp³-hybridized carbons (Fsp3) is 0.562. The Balaban J connectivity index is 2.08. The van der Waals surface area contributed by atoms with E-state index in [-0.39, 0.29) is 23.1 Å². The van der Waals surface area contributed by atoms with Crippen LogP contribution in [0.5, 0.6) is 0 Å². The van der Waals surface area contributed by atoms with Gasteiger partial charge in [0.1, 0.15) is 5.82 Å². The molecule has 0 heterocycles. The van der Waals surface area contributed by atoms with E-state index in [4.69, 9.17) is 4.74 Å². The Hall–Kier alpha value is -1.42. The van der Waals surface area contributed by atoms with Gasteiger partial charge in [-0.1, -0.05) is 32.0 Å². The van der Waals surface area contributed by atoms with Crippen LogP contribution < -0.4 is 0 Å². The Morgan fingerprint density at radius 2 is 2.10 bits per heavy atom. The van der Waals surface area contributed by atoms with Gasteiger partial charge in [0.25, 0.3) is 0 Å². The van der Waals surface area contributed by atoms with E-state index >= 15 is 0 Å². The van der Waals surface area contributed by atoms with Crippen LogP contribution in [0.25, 0.3) is 0 Å². The molecule has 0 spiro atoms. The molecule has 1 aliphatic rings. The van der Waals surface area contributed by atoms with E-state index in [2.05, 4.69) is 13.8 Å². The summed E-state index contributed by atoms with van der Waals surface area (Å²) in [7, 11) is 1.60. The molecule has 1 saturated carbocycles. The number of hydrogen-bond donors (Lipinski definition) is 0. The van der Waals surface area contributed by atoms with Crippen LogP contribution in [0.2, 0.25) is 0 Å². The molecular weight excluding hydrogens is 257 g/mol. The predicted octanol–water partition coefficient (Wildman–Crippen LogP) is 2.85. The van der Waals surface area contributed by atoms with Crippen molar-refractivity contribution in [2.75, 3.05) is 20.3 Å². The third-order valence-corrected chi connectivity index (χ3v) is 4.01. The molecule has 2 rings (SSSR count). The number of rotatable bonds is 6. The van der Waals surface area contributed by atoms with Crippen LogP contribution >= 0.6 is 0 Å². The first-order valence-electron chi connectivity index (χ1n) is 6.97. The molecule has 0 N–H and O–H groups in total. The Morgan fingerprint density at radius 3 is 2.65 bits per heavy atom. The van der Waals surface area contributed by atoms with E-state index in [1.807, 2.05) is 0 Å². The van der Waals surface area contributed by atoms with Gasteiger partial charge in [0.15, 0.2) is 0 Å². The maximum Gasteiger partial charge on any atom is 0.226 e. The molecule has 0 aliphatic heterocycles. The van der Waals surface area contributed by atoms with Gasteiger partial charge in [0.2, 0.25) is 5.91 Å². The first kappa shape index (κ1) is 15.0. The predicted molar refractivity (Wildman–Crippen MR) is 75.6 cm³/mol. The monoisotopic (exact) mass is 279 g/mol. The Bertz CT molecular complexity index is 487. The molecule has 1 unspecified atom stereocenters. The van der Waals surface area contributed by atoms with Crippen molar-refractivity contribution in [2.24, 2.45) is 11.3 Å². The number of hydrogen-bond acceptors (Lipinski definition) is 2. The summed E-state index contributed by atoms with van der Waals surface area (Å²) in [4.78, 5) is 14.2. The number of methoxy groups -OCH3 is 1. The van der Waals surface area contributed by atoms with Crippen LogP contribution in [0.1, 0.15) is 25.8 Å². The average Bonchev–Trinajstić information content (AvgIpc) is 3.05. The van der Waals surface area contributed by atoms with Crippen molar-refractivity contribution in [2.45, 2.75) is 26.8 Å². The van der Waals surface area contributed by atoms with Gasteiger partial charge in [-0.3, -0.25) is 4.79 Å². The summed E-state index contributed by atoms with van der Waals surface area (Å²) in [6.07, 6.45) is 0.909. The fourth-order valence-corrected chi connectivity index (χ4v) is 2.41. The minimum absolute atomic E-state index is 0.0612. The summed E-state index contributed by atoms with van der Waals surface area (Å²) in [5.74, 6) is -0.0980. The summed E-state index contributed by atoms with van der Waals surface area (Å²) in [5, 5.41) is 0. The van der Waals surface area contributed by atoms with Crippen LogP contribution in [-0.4, -0.2) is 31.1 Å². The van der Waals surface area contributed by atoms with Crippen LogP contribution in [0.15, 0.2) is 24.3 Å². The zero-order valence-corrected chi connectivity index (χ0v) is 12.4. The van der Waals surface area contributed by atoms with Crippen molar-refractivity contribution < 1.29 is 13.9 Å². The van der Waals surface area contributed by atoms with Crippen LogP contribution in [0, 0.1) is 17.2 Å². The maximum absolute atomic E-state index is 13.7. The van der Waals surface area contributed by atoms with E-state index in [0.29, 0.717) is 25.3 Å². The van der Waals surface area contributed by atoms with Gasteiger partial charge in [0, 0.05) is 31.7 Å². The second-order valence-electron chi connectivity index (χ2n) is 6.09. The first-order valence-corrected chi connectivity index (χ1v) is 6.97. The number of amides is 1. The Labute approximate surface area is 119 Å². The van der Waals surface area contributed by atoms with Gasteiger partial charge >= 0.3 is 0 Å².